The highest BCUT2D eigenvalue weighted by Gasteiger charge is 2.22. The molecule has 1 aromatic rings. The lowest BCUT2D eigenvalue weighted by molar-refractivity contribution is 0.167. The van der Waals surface area contributed by atoms with E-state index >= 15 is 0 Å². The molecule has 0 spiro atoms. The normalized spacial score (nSPS) is 13.3. The highest BCUT2D eigenvalue weighted by atomic mass is 15.2. The molecule has 1 rings (SSSR count). The molecule has 0 amide bonds. The Morgan fingerprint density at radius 3 is 2.28 bits per heavy atom. The lowest BCUT2D eigenvalue weighted by atomic mass is 9.96. The third kappa shape index (κ3) is 3.33. The van der Waals surface area contributed by atoms with Gasteiger partial charge in [-0.1, -0.05) is 37.6 Å². The fourth-order valence-corrected chi connectivity index (χ4v) is 2.75. The van der Waals surface area contributed by atoms with E-state index in [9.17, 15) is 0 Å². The van der Waals surface area contributed by atoms with Crippen molar-refractivity contribution >= 4 is 0 Å². The van der Waals surface area contributed by atoms with E-state index in [0.717, 1.165) is 0 Å². The smallest absolute Gasteiger partial charge is 0.0473 e. The molecule has 1 atom stereocenters. The van der Waals surface area contributed by atoms with Gasteiger partial charge in [-0.05, 0) is 44.9 Å². The molecule has 0 aliphatic heterocycles. The van der Waals surface area contributed by atoms with Crippen LogP contribution in [-0.2, 0) is 0 Å². The molecule has 0 aliphatic carbocycles. The van der Waals surface area contributed by atoms with Gasteiger partial charge in [-0.25, -0.2) is 0 Å². The fraction of sp³-hybridized carbons (Fsp3) is 0.625. The second kappa shape index (κ2) is 6.91. The predicted molar refractivity (Wildman–Crippen MR) is 79.8 cm³/mol. The maximum absolute atomic E-state index is 6.03. The summed E-state index contributed by atoms with van der Waals surface area (Å²) in [7, 11) is 2.21. The van der Waals surface area contributed by atoms with E-state index in [1.54, 1.807) is 0 Å². The molecular formula is C16H28N2. The van der Waals surface area contributed by atoms with Crippen LogP contribution in [-0.4, -0.2) is 24.5 Å². The Morgan fingerprint density at radius 1 is 1.17 bits per heavy atom. The predicted octanol–water partition coefficient (Wildman–Crippen LogP) is 3.42. The summed E-state index contributed by atoms with van der Waals surface area (Å²) in [4.78, 5) is 2.45. The van der Waals surface area contributed by atoms with Gasteiger partial charge in [0.15, 0.2) is 0 Å². The van der Waals surface area contributed by atoms with Crippen LogP contribution >= 0.6 is 0 Å². The minimum absolute atomic E-state index is 0.329. The van der Waals surface area contributed by atoms with Crippen molar-refractivity contribution in [2.24, 2.45) is 5.73 Å². The molecule has 0 radical (unpaired) electrons. The summed E-state index contributed by atoms with van der Waals surface area (Å²) in [5.41, 5.74) is 10.1. The molecule has 2 heteroatoms. The van der Waals surface area contributed by atoms with Gasteiger partial charge in [-0.3, -0.25) is 4.90 Å². The van der Waals surface area contributed by atoms with Crippen molar-refractivity contribution in [3.05, 3.63) is 34.9 Å². The van der Waals surface area contributed by atoms with Crippen LogP contribution in [0.1, 0.15) is 49.4 Å². The van der Waals surface area contributed by atoms with Gasteiger partial charge in [-0.2, -0.15) is 0 Å². The first-order valence-corrected chi connectivity index (χ1v) is 7.04. The van der Waals surface area contributed by atoms with Crippen molar-refractivity contribution in [2.75, 3.05) is 13.6 Å². The first-order chi connectivity index (χ1) is 8.54. The molecule has 1 unspecified atom stereocenters. The topological polar surface area (TPSA) is 29.3 Å². The highest BCUT2D eigenvalue weighted by Crippen LogP contribution is 2.26. The quantitative estimate of drug-likeness (QED) is 0.836. The van der Waals surface area contributed by atoms with Crippen molar-refractivity contribution < 1.29 is 0 Å². The second-order valence-electron chi connectivity index (χ2n) is 5.25. The van der Waals surface area contributed by atoms with Gasteiger partial charge >= 0.3 is 0 Å². The Labute approximate surface area is 112 Å². The molecule has 102 valence electrons. The Balaban J connectivity index is 3.05. The van der Waals surface area contributed by atoms with Crippen LogP contribution in [0, 0.1) is 13.8 Å². The average Bonchev–Trinajstić information content (AvgIpc) is 2.36. The van der Waals surface area contributed by atoms with Gasteiger partial charge in [-0.15, -0.1) is 0 Å². The number of rotatable bonds is 6. The van der Waals surface area contributed by atoms with E-state index in [1.165, 1.54) is 29.5 Å². The summed E-state index contributed by atoms with van der Waals surface area (Å²) in [6.07, 6.45) is 2.35. The summed E-state index contributed by atoms with van der Waals surface area (Å²) >= 11 is 0. The SMILES string of the molecule is CCC(CC)N(C)C(CN)c1cc(C)ccc1C. The molecule has 0 saturated heterocycles. The summed E-state index contributed by atoms with van der Waals surface area (Å²) in [5, 5.41) is 0. The van der Waals surface area contributed by atoms with Gasteiger partial charge in [0, 0.05) is 18.6 Å². The summed E-state index contributed by atoms with van der Waals surface area (Å²) < 4.78 is 0. The molecule has 0 bridgehead atoms. The number of aryl methyl sites for hydroxylation is 2. The van der Waals surface area contributed by atoms with Gasteiger partial charge < -0.3 is 5.73 Å². The van der Waals surface area contributed by atoms with Crippen LogP contribution < -0.4 is 5.73 Å². The molecule has 0 heterocycles. The van der Waals surface area contributed by atoms with Gasteiger partial charge in [0.05, 0.1) is 0 Å². The van der Waals surface area contributed by atoms with Crippen LogP contribution in [0.3, 0.4) is 0 Å². The number of likely N-dealkylation sites (N-methyl/N-ethyl adjacent to an activating group) is 1. The van der Waals surface area contributed by atoms with Crippen LogP contribution in [0.25, 0.3) is 0 Å². The minimum Gasteiger partial charge on any atom is -0.329 e. The van der Waals surface area contributed by atoms with Crippen LogP contribution in [0.15, 0.2) is 18.2 Å². The first kappa shape index (κ1) is 15.2. The zero-order chi connectivity index (χ0) is 13.7. The molecular weight excluding hydrogens is 220 g/mol. The van der Waals surface area contributed by atoms with Crippen molar-refractivity contribution in [1.82, 2.24) is 4.90 Å². The largest absolute Gasteiger partial charge is 0.329 e. The third-order valence-electron chi connectivity index (χ3n) is 4.03. The van der Waals surface area contributed by atoms with Gasteiger partial charge in [0.1, 0.15) is 0 Å². The third-order valence-corrected chi connectivity index (χ3v) is 4.03. The van der Waals surface area contributed by atoms with Crippen LogP contribution in [0.5, 0.6) is 0 Å². The number of nitrogens with zero attached hydrogens (tertiary/aromatic N) is 1. The standard InChI is InChI=1S/C16H28N2/c1-6-14(7-2)18(5)16(11-17)15-10-12(3)8-9-13(15)4/h8-10,14,16H,6-7,11,17H2,1-5H3. The summed E-state index contributed by atoms with van der Waals surface area (Å²) in [6, 6.07) is 7.59. The van der Waals surface area contributed by atoms with E-state index in [1.807, 2.05) is 0 Å². The van der Waals surface area contributed by atoms with E-state index in [2.05, 4.69) is 57.8 Å². The number of nitrogens with two attached hydrogens (primary N) is 1. The molecule has 0 saturated carbocycles. The Kier molecular flexibility index (Phi) is 5.83. The molecule has 18 heavy (non-hydrogen) atoms. The Bertz CT molecular complexity index is 369. The average molecular weight is 248 g/mol. The lowest BCUT2D eigenvalue weighted by Crippen LogP contribution is -2.38. The summed E-state index contributed by atoms with van der Waals surface area (Å²) in [6.45, 7) is 9.51. The highest BCUT2D eigenvalue weighted by molar-refractivity contribution is 5.33. The van der Waals surface area contributed by atoms with Crippen molar-refractivity contribution in [1.29, 1.82) is 0 Å². The molecule has 0 aromatic heterocycles. The van der Waals surface area contributed by atoms with E-state index in [4.69, 9.17) is 5.73 Å². The van der Waals surface area contributed by atoms with Crippen molar-refractivity contribution in [3.63, 3.8) is 0 Å². The molecule has 2 nitrogen and oxygen atoms in total. The van der Waals surface area contributed by atoms with Crippen LogP contribution in [0.4, 0.5) is 0 Å². The van der Waals surface area contributed by atoms with Gasteiger partial charge in [0.2, 0.25) is 0 Å². The summed E-state index contributed by atoms with van der Waals surface area (Å²) in [5.74, 6) is 0. The number of benzene rings is 1. The maximum atomic E-state index is 6.03. The van der Waals surface area contributed by atoms with Crippen LogP contribution in [0.2, 0.25) is 0 Å². The minimum atomic E-state index is 0.329. The molecule has 1 aromatic carbocycles. The monoisotopic (exact) mass is 248 g/mol. The van der Waals surface area contributed by atoms with Gasteiger partial charge in [0.25, 0.3) is 0 Å². The second-order valence-corrected chi connectivity index (χ2v) is 5.25. The zero-order valence-electron chi connectivity index (χ0n) is 12.5. The lowest BCUT2D eigenvalue weighted by Gasteiger charge is -2.34. The maximum Gasteiger partial charge on any atom is 0.0473 e. The fourth-order valence-electron chi connectivity index (χ4n) is 2.75. The van der Waals surface area contributed by atoms with E-state index in [0.29, 0.717) is 18.6 Å². The molecule has 0 fully saturated rings. The van der Waals surface area contributed by atoms with Crippen molar-refractivity contribution in [3.8, 4) is 0 Å². The van der Waals surface area contributed by atoms with E-state index in [-0.39, 0.29) is 0 Å². The van der Waals surface area contributed by atoms with E-state index < -0.39 is 0 Å². The zero-order valence-corrected chi connectivity index (χ0v) is 12.5. The number of hydrogen-bond acceptors (Lipinski definition) is 2. The van der Waals surface area contributed by atoms with Crippen molar-refractivity contribution in [2.45, 2.75) is 52.6 Å². The Hall–Kier alpha value is -0.860. The Morgan fingerprint density at radius 2 is 1.78 bits per heavy atom. The first-order valence-electron chi connectivity index (χ1n) is 7.04. The number of hydrogen-bond donors (Lipinski definition) is 1. The molecule has 0 aliphatic rings. The molecule has 2 N–H and O–H groups in total.